The van der Waals surface area contributed by atoms with Gasteiger partial charge in [-0.05, 0) is 20.8 Å². The lowest BCUT2D eigenvalue weighted by Gasteiger charge is -2.30. The highest BCUT2D eigenvalue weighted by Gasteiger charge is 2.57. The fraction of sp³-hybridized carbons (Fsp3) is 0.750. The van der Waals surface area contributed by atoms with E-state index in [0.29, 0.717) is 0 Å². The van der Waals surface area contributed by atoms with E-state index in [2.05, 4.69) is 0 Å². The molecule has 0 radical (unpaired) electrons. The van der Waals surface area contributed by atoms with E-state index < -0.39 is 23.0 Å². The van der Waals surface area contributed by atoms with Crippen molar-refractivity contribution in [2.75, 3.05) is 0 Å². The Balaban J connectivity index is 3.05. The van der Waals surface area contributed by atoms with E-state index in [1.54, 1.807) is 13.8 Å². The first-order valence-corrected chi connectivity index (χ1v) is 3.75. The van der Waals surface area contributed by atoms with E-state index in [1.807, 2.05) is 0 Å². The Morgan fingerprint density at radius 1 is 1.50 bits per heavy atom. The summed E-state index contributed by atoms with van der Waals surface area (Å²) in [7, 11) is 0. The van der Waals surface area contributed by atoms with E-state index in [0.717, 1.165) is 0 Å². The number of carboxylic acid groups (broad SMARTS) is 1. The van der Waals surface area contributed by atoms with Gasteiger partial charge in [0.1, 0.15) is 11.0 Å². The molecule has 1 fully saturated rings. The molecule has 1 aliphatic rings. The van der Waals surface area contributed by atoms with Gasteiger partial charge in [-0.15, -0.1) is 0 Å². The molecule has 1 rings (SSSR count). The highest BCUT2D eigenvalue weighted by Crippen LogP contribution is 2.43. The monoisotopic (exact) mass is 172 g/mol. The van der Waals surface area contributed by atoms with Crippen molar-refractivity contribution >= 4 is 11.9 Å². The van der Waals surface area contributed by atoms with Gasteiger partial charge in [0.15, 0.2) is 0 Å². The van der Waals surface area contributed by atoms with Gasteiger partial charge in [-0.3, -0.25) is 9.59 Å². The van der Waals surface area contributed by atoms with Gasteiger partial charge in [-0.25, -0.2) is 0 Å². The van der Waals surface area contributed by atoms with E-state index in [-0.39, 0.29) is 6.42 Å². The van der Waals surface area contributed by atoms with Crippen molar-refractivity contribution in [3.8, 4) is 0 Å². The van der Waals surface area contributed by atoms with Crippen LogP contribution in [0.1, 0.15) is 27.2 Å². The second-order valence-corrected chi connectivity index (χ2v) is 3.80. The Hall–Kier alpha value is -1.06. The number of aliphatic carboxylic acids is 1. The van der Waals surface area contributed by atoms with Gasteiger partial charge < -0.3 is 9.84 Å². The Kier molecular flexibility index (Phi) is 1.67. The van der Waals surface area contributed by atoms with Crippen molar-refractivity contribution in [3.63, 3.8) is 0 Å². The van der Waals surface area contributed by atoms with Gasteiger partial charge in [0.05, 0.1) is 6.42 Å². The van der Waals surface area contributed by atoms with E-state index in [1.165, 1.54) is 6.92 Å². The van der Waals surface area contributed by atoms with Crippen LogP contribution in [-0.4, -0.2) is 22.6 Å². The average Bonchev–Trinajstić information content (AvgIpc) is 2.02. The molecular formula is C8H12O4. The maximum Gasteiger partial charge on any atom is 0.314 e. The van der Waals surface area contributed by atoms with E-state index >= 15 is 0 Å². The largest absolute Gasteiger partial charge is 0.481 e. The third-order valence-electron chi connectivity index (χ3n) is 2.67. The van der Waals surface area contributed by atoms with Crippen LogP contribution in [0, 0.1) is 5.41 Å². The van der Waals surface area contributed by atoms with Crippen LogP contribution in [0.15, 0.2) is 0 Å². The number of cyclic esters (lactones) is 1. The number of ether oxygens (including phenoxy) is 1. The topological polar surface area (TPSA) is 63.6 Å². The molecular weight excluding hydrogens is 160 g/mol. The third-order valence-corrected chi connectivity index (χ3v) is 2.67. The fourth-order valence-corrected chi connectivity index (χ4v) is 1.27. The minimum atomic E-state index is -1.09. The zero-order chi connectivity index (χ0) is 9.57. The van der Waals surface area contributed by atoms with Gasteiger partial charge in [0.25, 0.3) is 0 Å². The molecule has 1 N–H and O–H groups in total. The van der Waals surface area contributed by atoms with Gasteiger partial charge in [-0.2, -0.15) is 0 Å². The summed E-state index contributed by atoms with van der Waals surface area (Å²) in [5, 5.41) is 8.89. The van der Waals surface area contributed by atoms with Crippen molar-refractivity contribution in [3.05, 3.63) is 0 Å². The number of esters is 1. The summed E-state index contributed by atoms with van der Waals surface area (Å²) in [6.45, 7) is 4.76. The van der Waals surface area contributed by atoms with Crippen LogP contribution >= 0.6 is 0 Å². The second-order valence-electron chi connectivity index (χ2n) is 3.80. The van der Waals surface area contributed by atoms with Crippen molar-refractivity contribution in [1.82, 2.24) is 0 Å². The molecule has 1 unspecified atom stereocenters. The molecule has 0 aliphatic carbocycles. The number of hydrogen-bond acceptors (Lipinski definition) is 3. The van der Waals surface area contributed by atoms with E-state index in [4.69, 9.17) is 9.84 Å². The molecule has 0 saturated carbocycles. The lowest BCUT2D eigenvalue weighted by Crippen LogP contribution is -2.43. The SMILES string of the molecule is CC1(C)OC(=O)CC1(C)C(=O)O. The van der Waals surface area contributed by atoms with Crippen LogP contribution in [0.3, 0.4) is 0 Å². The molecule has 4 nitrogen and oxygen atoms in total. The number of hydrogen-bond donors (Lipinski definition) is 1. The molecule has 0 spiro atoms. The molecule has 0 bridgehead atoms. The van der Waals surface area contributed by atoms with Crippen molar-refractivity contribution in [1.29, 1.82) is 0 Å². The molecule has 0 aromatic rings. The lowest BCUT2D eigenvalue weighted by atomic mass is 9.75. The third kappa shape index (κ3) is 0.983. The molecule has 0 amide bonds. The minimum absolute atomic E-state index is 0.0463. The molecule has 1 heterocycles. The van der Waals surface area contributed by atoms with E-state index in [9.17, 15) is 9.59 Å². The predicted molar refractivity (Wildman–Crippen MR) is 40.5 cm³/mol. The average molecular weight is 172 g/mol. The maximum absolute atomic E-state index is 10.9. The summed E-state index contributed by atoms with van der Waals surface area (Å²) in [4.78, 5) is 21.7. The number of rotatable bonds is 1. The summed E-state index contributed by atoms with van der Waals surface area (Å²) >= 11 is 0. The number of carboxylic acids is 1. The summed E-state index contributed by atoms with van der Waals surface area (Å²) in [5.41, 5.74) is -2.00. The zero-order valence-electron chi connectivity index (χ0n) is 7.38. The highest BCUT2D eigenvalue weighted by molar-refractivity contribution is 5.86. The molecule has 68 valence electrons. The van der Waals surface area contributed by atoms with Crippen molar-refractivity contribution in [2.45, 2.75) is 32.8 Å². The minimum Gasteiger partial charge on any atom is -0.481 e. The molecule has 0 aromatic carbocycles. The van der Waals surface area contributed by atoms with Crippen LogP contribution in [-0.2, 0) is 14.3 Å². The van der Waals surface area contributed by atoms with Gasteiger partial charge in [0.2, 0.25) is 0 Å². The Bertz CT molecular complexity index is 243. The highest BCUT2D eigenvalue weighted by atomic mass is 16.6. The van der Waals surface area contributed by atoms with Gasteiger partial charge in [-0.1, -0.05) is 0 Å². The van der Waals surface area contributed by atoms with Crippen LogP contribution in [0.4, 0.5) is 0 Å². The van der Waals surface area contributed by atoms with Crippen LogP contribution < -0.4 is 0 Å². The number of carbonyl (C=O) groups is 2. The van der Waals surface area contributed by atoms with Crippen LogP contribution in [0.5, 0.6) is 0 Å². The standard InChI is InChI=1S/C8H12O4/c1-7(2)8(3,6(10)11)4-5(9)12-7/h4H2,1-3H3,(H,10,11). The quantitative estimate of drug-likeness (QED) is 0.594. The first-order chi connectivity index (χ1) is 5.29. The Morgan fingerprint density at radius 3 is 2.17 bits per heavy atom. The molecule has 1 aliphatic heterocycles. The maximum atomic E-state index is 10.9. The van der Waals surface area contributed by atoms with Gasteiger partial charge >= 0.3 is 11.9 Å². The Morgan fingerprint density at radius 2 is 2.00 bits per heavy atom. The zero-order valence-corrected chi connectivity index (χ0v) is 7.38. The fourth-order valence-electron chi connectivity index (χ4n) is 1.27. The molecule has 12 heavy (non-hydrogen) atoms. The van der Waals surface area contributed by atoms with Crippen LogP contribution in [0.2, 0.25) is 0 Å². The first kappa shape index (κ1) is 9.03. The molecule has 1 saturated heterocycles. The normalized spacial score (nSPS) is 33.1. The smallest absolute Gasteiger partial charge is 0.314 e. The van der Waals surface area contributed by atoms with Crippen LogP contribution in [0.25, 0.3) is 0 Å². The van der Waals surface area contributed by atoms with Gasteiger partial charge in [0, 0.05) is 0 Å². The van der Waals surface area contributed by atoms with Crippen molar-refractivity contribution in [2.24, 2.45) is 5.41 Å². The van der Waals surface area contributed by atoms with Crippen molar-refractivity contribution < 1.29 is 19.4 Å². The second kappa shape index (κ2) is 2.21. The first-order valence-electron chi connectivity index (χ1n) is 3.75. The number of carbonyl (C=O) groups excluding carboxylic acids is 1. The summed E-state index contributed by atoms with van der Waals surface area (Å²) in [6.07, 6.45) is -0.0463. The predicted octanol–water partition coefficient (Wildman–Crippen LogP) is 0.803. The molecule has 4 heteroatoms. The molecule has 1 atom stereocenters. The summed E-state index contributed by atoms with van der Waals surface area (Å²) < 4.78 is 4.91. The Labute approximate surface area is 70.5 Å². The summed E-state index contributed by atoms with van der Waals surface area (Å²) in [6, 6.07) is 0. The lowest BCUT2D eigenvalue weighted by molar-refractivity contribution is -0.159. The molecule has 0 aromatic heterocycles. The summed E-state index contributed by atoms with van der Waals surface area (Å²) in [5.74, 6) is -1.43.